The van der Waals surface area contributed by atoms with Crippen LogP contribution < -0.4 is 9.47 Å². The molecule has 168 valence electrons. The molecule has 0 aliphatic heterocycles. The topological polar surface area (TPSA) is 35.5 Å². The lowest BCUT2D eigenvalue weighted by molar-refractivity contribution is -0.276. The van der Waals surface area contributed by atoms with Crippen molar-refractivity contribution in [1.82, 2.24) is 0 Å². The fourth-order valence-electron chi connectivity index (χ4n) is 4.90. The highest BCUT2D eigenvalue weighted by atomic mass is 19.4. The molecule has 0 aromatic heterocycles. The van der Waals surface area contributed by atoms with E-state index in [4.69, 9.17) is 4.74 Å². The summed E-state index contributed by atoms with van der Waals surface area (Å²) in [6.07, 6.45) is 4.17. The van der Waals surface area contributed by atoms with Gasteiger partial charge in [0.1, 0.15) is 5.75 Å². The van der Waals surface area contributed by atoms with Crippen LogP contribution in [-0.4, -0.2) is 12.3 Å². The minimum atomic E-state index is -5.23. The number of hydrogen-bond acceptors (Lipinski definition) is 3. The lowest BCUT2D eigenvalue weighted by atomic mass is 9.69. The Bertz CT molecular complexity index is 710. The first-order chi connectivity index (χ1) is 14.2. The average Bonchev–Trinajstić information content (AvgIpc) is 2.70. The molecule has 2 fully saturated rings. The molecule has 0 amide bonds. The second-order valence-corrected chi connectivity index (χ2v) is 8.49. The van der Waals surface area contributed by atoms with Gasteiger partial charge in [-0.05, 0) is 56.3 Å². The number of hydrogen-bond donors (Lipinski definition) is 0. The third kappa shape index (κ3) is 5.85. The van der Waals surface area contributed by atoms with Crippen molar-refractivity contribution in [1.29, 1.82) is 0 Å². The fraction of sp³-hybridized carbons (Fsp3) is 0.682. The number of carbonyl (C=O) groups is 1. The third-order valence-electron chi connectivity index (χ3n) is 6.65. The van der Waals surface area contributed by atoms with Crippen molar-refractivity contribution in [3.05, 3.63) is 23.8 Å². The Morgan fingerprint density at radius 3 is 1.90 bits per heavy atom. The predicted octanol–water partition coefficient (Wildman–Crippen LogP) is 6.79. The highest BCUT2D eigenvalue weighted by Gasteiger charge is 2.35. The van der Waals surface area contributed by atoms with Gasteiger partial charge in [-0.1, -0.05) is 26.2 Å². The van der Waals surface area contributed by atoms with Gasteiger partial charge in [-0.3, -0.25) is 4.79 Å². The average molecular weight is 434 g/mol. The number of benzene rings is 1. The number of carbonyl (C=O) groups excluding carboxylic acids is 1. The molecular formula is C22H27F5O3. The van der Waals surface area contributed by atoms with Crippen LogP contribution in [0.4, 0.5) is 22.0 Å². The molecule has 0 unspecified atom stereocenters. The minimum Gasteiger partial charge on any atom is -0.426 e. The summed E-state index contributed by atoms with van der Waals surface area (Å²) in [6, 6.07) is 1.06. The monoisotopic (exact) mass is 434 g/mol. The SMILES string of the molecule is CCC1CCC(C2CCC(C(=O)Oc3cc(F)c(OC(F)(F)F)c(F)c3)CC2)CC1. The van der Waals surface area contributed by atoms with Crippen LogP contribution in [0.15, 0.2) is 12.1 Å². The molecule has 2 saturated carbocycles. The van der Waals surface area contributed by atoms with Crippen LogP contribution in [-0.2, 0) is 4.79 Å². The predicted molar refractivity (Wildman–Crippen MR) is 99.9 cm³/mol. The van der Waals surface area contributed by atoms with Crippen LogP contribution in [0.2, 0.25) is 0 Å². The van der Waals surface area contributed by atoms with E-state index in [-0.39, 0.29) is 5.92 Å². The highest BCUT2D eigenvalue weighted by Crippen LogP contribution is 2.42. The van der Waals surface area contributed by atoms with E-state index in [2.05, 4.69) is 11.7 Å². The Hall–Kier alpha value is -1.86. The molecule has 8 heteroatoms. The molecule has 0 atom stereocenters. The maximum atomic E-state index is 13.8. The molecule has 30 heavy (non-hydrogen) atoms. The van der Waals surface area contributed by atoms with Crippen molar-refractivity contribution >= 4 is 5.97 Å². The molecule has 0 spiro atoms. The molecule has 2 aliphatic rings. The Kier molecular flexibility index (Phi) is 7.24. The first-order valence-electron chi connectivity index (χ1n) is 10.6. The van der Waals surface area contributed by atoms with Gasteiger partial charge in [-0.15, -0.1) is 13.2 Å². The summed E-state index contributed by atoms with van der Waals surface area (Å²) in [6.45, 7) is 2.23. The second kappa shape index (κ2) is 9.52. The standard InChI is InChI=1S/C22H27F5O3/c1-2-13-3-5-14(6-4-13)15-7-9-16(10-8-15)21(28)29-17-11-18(23)20(19(24)12-17)30-22(25,26)27/h11-16H,2-10H2,1H3. The van der Waals surface area contributed by atoms with Crippen molar-refractivity contribution in [2.24, 2.45) is 23.7 Å². The molecule has 0 N–H and O–H groups in total. The first kappa shape index (κ1) is 22.8. The van der Waals surface area contributed by atoms with Crippen LogP contribution in [0.1, 0.15) is 64.7 Å². The molecule has 0 saturated heterocycles. The van der Waals surface area contributed by atoms with Gasteiger partial charge >= 0.3 is 12.3 Å². The zero-order valence-corrected chi connectivity index (χ0v) is 16.9. The van der Waals surface area contributed by atoms with Crippen LogP contribution in [0.3, 0.4) is 0 Å². The molecular weight excluding hydrogens is 407 g/mol. The first-order valence-corrected chi connectivity index (χ1v) is 10.6. The van der Waals surface area contributed by atoms with E-state index < -0.39 is 35.5 Å². The Morgan fingerprint density at radius 1 is 0.933 bits per heavy atom. The quantitative estimate of drug-likeness (QED) is 0.291. The van der Waals surface area contributed by atoms with Crippen LogP contribution in [0.5, 0.6) is 11.5 Å². The molecule has 1 aromatic carbocycles. The van der Waals surface area contributed by atoms with Gasteiger partial charge in [0, 0.05) is 12.1 Å². The summed E-state index contributed by atoms with van der Waals surface area (Å²) in [5.41, 5.74) is 0. The van der Waals surface area contributed by atoms with E-state index in [0.29, 0.717) is 36.8 Å². The largest absolute Gasteiger partial charge is 0.573 e. The number of halogens is 5. The molecule has 3 nitrogen and oxygen atoms in total. The fourth-order valence-corrected chi connectivity index (χ4v) is 4.90. The highest BCUT2D eigenvalue weighted by molar-refractivity contribution is 5.75. The number of alkyl halides is 3. The molecule has 2 aliphatic carbocycles. The Balaban J connectivity index is 1.52. The summed E-state index contributed by atoms with van der Waals surface area (Å²) in [7, 11) is 0. The summed E-state index contributed by atoms with van der Waals surface area (Å²) in [4.78, 5) is 12.4. The summed E-state index contributed by atoms with van der Waals surface area (Å²) < 4.78 is 72.6. The number of ether oxygens (including phenoxy) is 2. The zero-order valence-electron chi connectivity index (χ0n) is 16.9. The summed E-state index contributed by atoms with van der Waals surface area (Å²) >= 11 is 0. The summed E-state index contributed by atoms with van der Waals surface area (Å²) in [5.74, 6) is -4.04. The van der Waals surface area contributed by atoms with E-state index >= 15 is 0 Å². The van der Waals surface area contributed by atoms with Gasteiger partial charge < -0.3 is 9.47 Å². The van der Waals surface area contributed by atoms with E-state index in [1.54, 1.807) is 0 Å². The molecule has 0 bridgehead atoms. The Labute approximate surface area is 172 Å². The van der Waals surface area contributed by atoms with Crippen molar-refractivity contribution in [2.75, 3.05) is 0 Å². The van der Waals surface area contributed by atoms with Gasteiger partial charge in [-0.25, -0.2) is 8.78 Å². The maximum absolute atomic E-state index is 13.8. The molecule has 0 heterocycles. The molecule has 1 aromatic rings. The normalized spacial score (nSPS) is 27.5. The number of esters is 1. The summed E-state index contributed by atoms with van der Waals surface area (Å²) in [5, 5.41) is 0. The zero-order chi connectivity index (χ0) is 21.9. The van der Waals surface area contributed by atoms with Crippen molar-refractivity contribution in [3.63, 3.8) is 0 Å². The van der Waals surface area contributed by atoms with Crippen LogP contribution in [0.25, 0.3) is 0 Å². The second-order valence-electron chi connectivity index (χ2n) is 8.49. The van der Waals surface area contributed by atoms with Crippen LogP contribution >= 0.6 is 0 Å². The van der Waals surface area contributed by atoms with E-state index in [9.17, 15) is 26.7 Å². The van der Waals surface area contributed by atoms with E-state index in [1.165, 1.54) is 32.1 Å². The lowest BCUT2D eigenvalue weighted by Gasteiger charge is -2.37. The Morgan fingerprint density at radius 2 is 1.43 bits per heavy atom. The van der Waals surface area contributed by atoms with E-state index in [1.807, 2.05) is 0 Å². The van der Waals surface area contributed by atoms with Crippen molar-refractivity contribution in [2.45, 2.75) is 71.1 Å². The minimum absolute atomic E-state index is 0.370. The van der Waals surface area contributed by atoms with Gasteiger partial charge in [-0.2, -0.15) is 0 Å². The van der Waals surface area contributed by atoms with Crippen molar-refractivity contribution in [3.8, 4) is 11.5 Å². The smallest absolute Gasteiger partial charge is 0.426 e. The van der Waals surface area contributed by atoms with E-state index in [0.717, 1.165) is 18.8 Å². The van der Waals surface area contributed by atoms with Gasteiger partial charge in [0.05, 0.1) is 5.92 Å². The molecule has 3 rings (SSSR count). The van der Waals surface area contributed by atoms with Gasteiger partial charge in [0.15, 0.2) is 11.6 Å². The third-order valence-corrected chi connectivity index (χ3v) is 6.65. The molecule has 0 radical (unpaired) electrons. The maximum Gasteiger partial charge on any atom is 0.573 e. The van der Waals surface area contributed by atoms with Gasteiger partial charge in [0.2, 0.25) is 5.75 Å². The number of rotatable bonds is 5. The lowest BCUT2D eigenvalue weighted by Crippen LogP contribution is -2.30. The van der Waals surface area contributed by atoms with Gasteiger partial charge in [0.25, 0.3) is 0 Å². The van der Waals surface area contributed by atoms with Crippen LogP contribution in [0, 0.1) is 35.3 Å². The van der Waals surface area contributed by atoms with Crippen molar-refractivity contribution < 1.29 is 36.2 Å².